The first-order valence-corrected chi connectivity index (χ1v) is 15.1. The molecule has 2 aliphatic heterocycles. The molecule has 3 aliphatic rings. The van der Waals surface area contributed by atoms with Crippen LogP contribution in [0, 0.1) is 11.6 Å². The highest BCUT2D eigenvalue weighted by atomic mass is 19.1. The van der Waals surface area contributed by atoms with E-state index in [1.165, 1.54) is 24.3 Å². The lowest BCUT2D eigenvalue weighted by Gasteiger charge is -2.36. The van der Waals surface area contributed by atoms with Crippen LogP contribution in [0.1, 0.15) is 44.8 Å². The van der Waals surface area contributed by atoms with E-state index in [9.17, 15) is 18.4 Å². The molecule has 4 aromatic rings. The van der Waals surface area contributed by atoms with Gasteiger partial charge in [0.05, 0.1) is 74.3 Å². The molecule has 11 heteroatoms. The molecule has 1 spiro atoms. The minimum atomic E-state index is -0.762. The third kappa shape index (κ3) is 5.30. The fourth-order valence-corrected chi connectivity index (χ4v) is 6.26. The number of carbonyl (C=O) groups excluding carboxylic acids is 2. The number of anilines is 2. The number of hydrogen-bond acceptors (Lipinski definition) is 7. The number of amides is 2. The largest absolute Gasteiger partial charge is 0.497 e. The first kappa shape index (κ1) is 29.7. The SMILES string of the molecule is COc1ccc(CN2Cc3nc(-c4c(F)cccc4F)cc(Nc4ccc(C(=O)N5CCOCC56CC6)cc4)c3C2=O)c(OC)c1. The summed E-state index contributed by atoms with van der Waals surface area (Å²) in [6.45, 7) is 1.97. The van der Waals surface area contributed by atoms with Gasteiger partial charge in [-0.05, 0) is 67.4 Å². The van der Waals surface area contributed by atoms with Crippen LogP contribution in [0.5, 0.6) is 11.5 Å². The van der Waals surface area contributed by atoms with Gasteiger partial charge in [0, 0.05) is 29.4 Å². The van der Waals surface area contributed by atoms with Crippen molar-refractivity contribution in [1.29, 1.82) is 0 Å². The number of rotatable bonds is 8. The van der Waals surface area contributed by atoms with Crippen molar-refractivity contribution in [2.75, 3.05) is 39.3 Å². The van der Waals surface area contributed by atoms with Crippen LogP contribution in [0.25, 0.3) is 11.3 Å². The number of carbonyl (C=O) groups is 2. The van der Waals surface area contributed by atoms with Crippen LogP contribution in [-0.2, 0) is 17.8 Å². The van der Waals surface area contributed by atoms with Gasteiger partial charge in [-0.1, -0.05) is 6.07 Å². The van der Waals surface area contributed by atoms with E-state index in [1.54, 1.807) is 55.5 Å². The summed E-state index contributed by atoms with van der Waals surface area (Å²) in [6.07, 6.45) is 1.87. The van der Waals surface area contributed by atoms with Crippen LogP contribution >= 0.6 is 0 Å². The van der Waals surface area contributed by atoms with E-state index in [0.717, 1.165) is 18.4 Å². The van der Waals surface area contributed by atoms with Crippen molar-refractivity contribution in [3.8, 4) is 22.8 Å². The minimum absolute atomic E-state index is 0.0470. The molecule has 0 bridgehead atoms. The Bertz CT molecular complexity index is 1820. The molecule has 9 nitrogen and oxygen atoms in total. The zero-order valence-electron chi connectivity index (χ0n) is 25.4. The highest BCUT2D eigenvalue weighted by molar-refractivity contribution is 6.04. The van der Waals surface area contributed by atoms with Crippen LogP contribution in [0.4, 0.5) is 20.2 Å². The molecule has 236 valence electrons. The van der Waals surface area contributed by atoms with Crippen LogP contribution in [0.2, 0.25) is 0 Å². The molecule has 1 saturated carbocycles. The average molecular weight is 627 g/mol. The van der Waals surface area contributed by atoms with Gasteiger partial charge in [-0.25, -0.2) is 13.8 Å². The van der Waals surface area contributed by atoms with Crippen LogP contribution in [-0.4, -0.2) is 66.1 Å². The molecule has 0 radical (unpaired) electrons. The molecule has 3 aromatic carbocycles. The first-order chi connectivity index (χ1) is 22.3. The molecule has 0 atom stereocenters. The predicted octanol–water partition coefficient (Wildman–Crippen LogP) is 5.95. The zero-order valence-corrected chi connectivity index (χ0v) is 25.4. The topological polar surface area (TPSA) is 93.2 Å². The number of fused-ring (bicyclic) bond motifs is 1. The summed E-state index contributed by atoms with van der Waals surface area (Å²) < 4.78 is 46.3. The number of pyridine rings is 1. The Morgan fingerprint density at radius 3 is 2.46 bits per heavy atom. The Hall–Kier alpha value is -5.03. The molecule has 1 saturated heterocycles. The Labute approximate surface area is 264 Å². The van der Waals surface area contributed by atoms with Crippen molar-refractivity contribution < 1.29 is 32.6 Å². The lowest BCUT2D eigenvalue weighted by atomic mass is 10.1. The molecule has 1 aromatic heterocycles. The number of aromatic nitrogens is 1. The van der Waals surface area contributed by atoms with E-state index in [0.29, 0.717) is 59.5 Å². The lowest BCUT2D eigenvalue weighted by Crippen LogP contribution is -2.50. The number of hydrogen-bond donors (Lipinski definition) is 1. The number of methoxy groups -OCH3 is 2. The second-order valence-corrected chi connectivity index (χ2v) is 11.7. The fraction of sp³-hybridized carbons (Fsp3) is 0.286. The standard InChI is InChI=1S/C35H32F2N4O5/c1-44-24-11-8-22(30(16-24)45-2)18-40-19-29-32(34(40)43)28(17-27(39-29)31-25(36)4-3-5-26(31)37)38-23-9-6-21(7-10-23)33(42)41-14-15-46-20-35(41)12-13-35/h3-11,16-17H,12-15,18-20H2,1-2H3,(H,38,39). The molecular formula is C35H32F2N4O5. The molecule has 0 unspecified atom stereocenters. The number of benzene rings is 3. The summed E-state index contributed by atoms with van der Waals surface area (Å²) in [7, 11) is 3.10. The monoisotopic (exact) mass is 626 g/mol. The van der Waals surface area contributed by atoms with E-state index in [-0.39, 0.29) is 41.7 Å². The smallest absolute Gasteiger partial charge is 0.258 e. The van der Waals surface area contributed by atoms with Gasteiger partial charge in [-0.2, -0.15) is 0 Å². The normalized spacial score (nSPS) is 16.4. The average Bonchev–Trinajstić information content (AvgIpc) is 3.75. The lowest BCUT2D eigenvalue weighted by molar-refractivity contribution is -0.0117. The van der Waals surface area contributed by atoms with E-state index < -0.39 is 11.6 Å². The van der Waals surface area contributed by atoms with Crippen molar-refractivity contribution in [2.45, 2.75) is 31.5 Å². The Balaban J connectivity index is 1.21. The number of morpholine rings is 1. The van der Waals surface area contributed by atoms with E-state index in [4.69, 9.17) is 14.2 Å². The maximum atomic E-state index is 14.9. The molecule has 2 amide bonds. The third-order valence-corrected chi connectivity index (χ3v) is 8.90. The second-order valence-electron chi connectivity index (χ2n) is 11.7. The van der Waals surface area contributed by atoms with Gasteiger partial charge in [0.25, 0.3) is 11.8 Å². The first-order valence-electron chi connectivity index (χ1n) is 15.1. The van der Waals surface area contributed by atoms with E-state index in [1.807, 2.05) is 11.0 Å². The molecular weight excluding hydrogens is 594 g/mol. The van der Waals surface area contributed by atoms with Crippen molar-refractivity contribution >= 4 is 23.2 Å². The highest BCUT2D eigenvalue weighted by Crippen LogP contribution is 2.44. The van der Waals surface area contributed by atoms with Crippen LogP contribution < -0.4 is 14.8 Å². The highest BCUT2D eigenvalue weighted by Gasteiger charge is 2.52. The quantitative estimate of drug-likeness (QED) is 0.259. The summed E-state index contributed by atoms with van der Waals surface area (Å²) in [5.41, 5.74) is 2.52. The molecule has 2 fully saturated rings. The fourth-order valence-electron chi connectivity index (χ4n) is 6.26. The van der Waals surface area contributed by atoms with E-state index >= 15 is 0 Å². The molecule has 46 heavy (non-hydrogen) atoms. The number of ether oxygens (including phenoxy) is 3. The van der Waals surface area contributed by atoms with Crippen molar-refractivity contribution in [3.63, 3.8) is 0 Å². The van der Waals surface area contributed by atoms with Crippen molar-refractivity contribution in [3.05, 3.63) is 101 Å². The maximum Gasteiger partial charge on any atom is 0.258 e. The summed E-state index contributed by atoms with van der Waals surface area (Å²) in [6, 6.07) is 17.4. The van der Waals surface area contributed by atoms with Crippen molar-refractivity contribution in [1.82, 2.24) is 14.8 Å². The summed E-state index contributed by atoms with van der Waals surface area (Å²) in [5, 5.41) is 3.26. The van der Waals surface area contributed by atoms with Gasteiger partial charge in [-0.3, -0.25) is 9.59 Å². The van der Waals surface area contributed by atoms with Gasteiger partial charge in [0.15, 0.2) is 0 Å². The maximum absolute atomic E-state index is 14.9. The zero-order chi connectivity index (χ0) is 32.0. The summed E-state index contributed by atoms with van der Waals surface area (Å²) >= 11 is 0. The Morgan fingerprint density at radius 1 is 1.00 bits per heavy atom. The van der Waals surface area contributed by atoms with Gasteiger partial charge < -0.3 is 29.3 Å². The molecule has 7 rings (SSSR count). The van der Waals surface area contributed by atoms with Gasteiger partial charge in [0.2, 0.25) is 0 Å². The van der Waals surface area contributed by atoms with Crippen LogP contribution in [0.3, 0.4) is 0 Å². The number of halogens is 2. The van der Waals surface area contributed by atoms with Gasteiger partial charge in [0.1, 0.15) is 23.1 Å². The number of nitrogens with one attached hydrogen (secondary N) is 1. The predicted molar refractivity (Wildman–Crippen MR) is 166 cm³/mol. The Morgan fingerprint density at radius 2 is 1.76 bits per heavy atom. The molecule has 1 N–H and O–H groups in total. The Kier molecular flexibility index (Phi) is 7.56. The van der Waals surface area contributed by atoms with Gasteiger partial charge >= 0.3 is 0 Å². The third-order valence-electron chi connectivity index (χ3n) is 8.90. The van der Waals surface area contributed by atoms with E-state index in [2.05, 4.69) is 10.3 Å². The van der Waals surface area contributed by atoms with Crippen molar-refractivity contribution in [2.24, 2.45) is 0 Å². The number of nitrogens with zero attached hydrogens (tertiary/aromatic N) is 3. The summed E-state index contributed by atoms with van der Waals surface area (Å²) in [4.78, 5) is 35.3. The van der Waals surface area contributed by atoms with Crippen LogP contribution in [0.15, 0.2) is 66.7 Å². The summed E-state index contributed by atoms with van der Waals surface area (Å²) in [5.74, 6) is -0.690. The minimum Gasteiger partial charge on any atom is -0.497 e. The van der Waals surface area contributed by atoms with Gasteiger partial charge in [-0.15, -0.1) is 0 Å². The second kappa shape index (κ2) is 11.7. The molecule has 3 heterocycles. The molecule has 1 aliphatic carbocycles.